The average Bonchev–Trinajstić information content (AvgIpc) is 2.33. The van der Waals surface area contributed by atoms with Crippen molar-refractivity contribution in [2.75, 3.05) is 13.2 Å². The fourth-order valence-corrected chi connectivity index (χ4v) is 1.79. The van der Waals surface area contributed by atoms with Crippen LogP contribution in [0.4, 0.5) is 8.78 Å². The van der Waals surface area contributed by atoms with Gasteiger partial charge in [-0.3, -0.25) is 0 Å². The highest BCUT2D eigenvalue weighted by molar-refractivity contribution is 5.22. The summed E-state index contributed by atoms with van der Waals surface area (Å²) in [6.07, 6.45) is 4.41. The second-order valence-electron chi connectivity index (χ2n) is 4.38. The molecule has 1 atom stereocenters. The molecule has 0 fully saturated rings. The largest absolute Gasteiger partial charge is 0.379 e. The molecule has 0 aliphatic rings. The molecule has 1 aromatic rings. The topological polar surface area (TPSA) is 35.2 Å². The molecule has 1 aromatic carbocycles. The van der Waals surface area contributed by atoms with Gasteiger partial charge in [-0.15, -0.1) is 0 Å². The summed E-state index contributed by atoms with van der Waals surface area (Å²) in [7, 11) is 0. The maximum atomic E-state index is 13.4. The van der Waals surface area contributed by atoms with E-state index in [1.54, 1.807) is 0 Å². The lowest BCUT2D eigenvalue weighted by Gasteiger charge is -2.14. The van der Waals surface area contributed by atoms with E-state index in [0.29, 0.717) is 6.61 Å². The Hall–Kier alpha value is -1.00. The summed E-state index contributed by atoms with van der Waals surface area (Å²) in [5, 5.41) is 0. The molecular weight excluding hydrogens is 236 g/mol. The number of rotatable bonds is 8. The maximum Gasteiger partial charge on any atom is 0.130 e. The predicted molar refractivity (Wildman–Crippen MR) is 68.2 cm³/mol. The zero-order chi connectivity index (χ0) is 13.4. The molecular formula is C14H21F2NO. The van der Waals surface area contributed by atoms with Crippen LogP contribution in [0.15, 0.2) is 18.2 Å². The Balaban J connectivity index is 2.34. The van der Waals surface area contributed by atoms with Gasteiger partial charge >= 0.3 is 0 Å². The van der Waals surface area contributed by atoms with Gasteiger partial charge < -0.3 is 10.5 Å². The van der Waals surface area contributed by atoms with Crippen LogP contribution < -0.4 is 5.73 Å². The van der Waals surface area contributed by atoms with Crippen molar-refractivity contribution in [1.82, 2.24) is 0 Å². The van der Waals surface area contributed by atoms with Gasteiger partial charge in [-0.05, 0) is 18.6 Å². The van der Waals surface area contributed by atoms with E-state index in [2.05, 4.69) is 6.92 Å². The molecule has 0 heterocycles. The molecule has 2 N–H and O–H groups in total. The van der Waals surface area contributed by atoms with Gasteiger partial charge in [0.1, 0.15) is 11.6 Å². The number of hydrogen-bond acceptors (Lipinski definition) is 2. The summed E-state index contributed by atoms with van der Waals surface area (Å²) < 4.78 is 32.2. The van der Waals surface area contributed by atoms with Crippen molar-refractivity contribution in [3.05, 3.63) is 35.4 Å². The number of benzene rings is 1. The summed E-state index contributed by atoms with van der Waals surface area (Å²) >= 11 is 0. The molecule has 0 aromatic heterocycles. The van der Waals surface area contributed by atoms with Crippen LogP contribution in [0.3, 0.4) is 0 Å². The van der Waals surface area contributed by atoms with Gasteiger partial charge in [-0.1, -0.05) is 32.3 Å². The molecule has 0 spiro atoms. The maximum absolute atomic E-state index is 13.4. The fourth-order valence-electron chi connectivity index (χ4n) is 1.79. The van der Waals surface area contributed by atoms with Gasteiger partial charge in [0.25, 0.3) is 0 Å². The Kier molecular flexibility index (Phi) is 6.83. The first kappa shape index (κ1) is 15.1. The Morgan fingerprint density at radius 3 is 2.44 bits per heavy atom. The van der Waals surface area contributed by atoms with Crippen molar-refractivity contribution >= 4 is 0 Å². The summed E-state index contributed by atoms with van der Waals surface area (Å²) in [5.41, 5.74) is 5.64. The molecule has 4 heteroatoms. The summed E-state index contributed by atoms with van der Waals surface area (Å²) in [6.45, 7) is 2.87. The first-order valence-electron chi connectivity index (χ1n) is 6.44. The number of ether oxygens (including phenoxy) is 1. The molecule has 0 bridgehead atoms. The van der Waals surface area contributed by atoms with Crippen LogP contribution in [0, 0.1) is 11.6 Å². The first-order chi connectivity index (χ1) is 8.66. The molecule has 0 radical (unpaired) electrons. The van der Waals surface area contributed by atoms with Crippen molar-refractivity contribution in [2.45, 2.75) is 38.6 Å². The van der Waals surface area contributed by atoms with Gasteiger partial charge in [0.2, 0.25) is 0 Å². The van der Waals surface area contributed by atoms with Crippen LogP contribution in [0.25, 0.3) is 0 Å². The van der Waals surface area contributed by atoms with E-state index >= 15 is 0 Å². The van der Waals surface area contributed by atoms with Crippen molar-refractivity contribution in [1.29, 1.82) is 0 Å². The second-order valence-corrected chi connectivity index (χ2v) is 4.38. The zero-order valence-corrected chi connectivity index (χ0v) is 10.8. The molecule has 18 heavy (non-hydrogen) atoms. The van der Waals surface area contributed by atoms with Gasteiger partial charge in [-0.2, -0.15) is 0 Å². The normalized spacial score (nSPS) is 12.7. The SMILES string of the molecule is CCCCCCOCC(N)c1c(F)cccc1F. The van der Waals surface area contributed by atoms with Crippen LogP contribution in [-0.4, -0.2) is 13.2 Å². The van der Waals surface area contributed by atoms with Crippen molar-refractivity contribution < 1.29 is 13.5 Å². The minimum absolute atomic E-state index is 0.0916. The number of hydrogen-bond donors (Lipinski definition) is 1. The number of halogens is 2. The monoisotopic (exact) mass is 257 g/mol. The van der Waals surface area contributed by atoms with E-state index < -0.39 is 17.7 Å². The van der Waals surface area contributed by atoms with Gasteiger partial charge in [0, 0.05) is 12.2 Å². The van der Waals surface area contributed by atoms with E-state index in [1.165, 1.54) is 31.0 Å². The molecule has 1 unspecified atom stereocenters. The van der Waals surface area contributed by atoms with Gasteiger partial charge in [0.05, 0.1) is 12.6 Å². The third-order valence-electron chi connectivity index (χ3n) is 2.81. The highest BCUT2D eigenvalue weighted by atomic mass is 19.1. The molecule has 0 amide bonds. The minimum atomic E-state index is -0.752. The number of unbranched alkanes of at least 4 members (excludes halogenated alkanes) is 3. The smallest absolute Gasteiger partial charge is 0.130 e. The van der Waals surface area contributed by atoms with Crippen LogP contribution in [-0.2, 0) is 4.74 Å². The molecule has 0 saturated heterocycles. The van der Waals surface area contributed by atoms with E-state index in [1.807, 2.05) is 0 Å². The third-order valence-corrected chi connectivity index (χ3v) is 2.81. The van der Waals surface area contributed by atoms with E-state index in [-0.39, 0.29) is 12.2 Å². The van der Waals surface area contributed by atoms with E-state index in [0.717, 1.165) is 12.8 Å². The molecule has 1 rings (SSSR count). The Bertz CT molecular complexity index is 337. The Labute approximate surface area is 107 Å². The average molecular weight is 257 g/mol. The van der Waals surface area contributed by atoms with Crippen LogP contribution in [0.2, 0.25) is 0 Å². The highest BCUT2D eigenvalue weighted by Gasteiger charge is 2.16. The summed E-state index contributed by atoms with van der Waals surface area (Å²) in [4.78, 5) is 0. The first-order valence-corrected chi connectivity index (χ1v) is 6.44. The Morgan fingerprint density at radius 2 is 1.83 bits per heavy atom. The van der Waals surface area contributed by atoms with Crippen molar-refractivity contribution in [3.63, 3.8) is 0 Å². The summed E-state index contributed by atoms with van der Waals surface area (Å²) in [5.74, 6) is -1.23. The summed E-state index contributed by atoms with van der Waals surface area (Å²) in [6, 6.07) is 2.99. The molecule has 0 saturated carbocycles. The van der Waals surface area contributed by atoms with Gasteiger partial charge in [-0.25, -0.2) is 8.78 Å². The third kappa shape index (κ3) is 4.70. The molecule has 0 aliphatic carbocycles. The Morgan fingerprint density at radius 1 is 1.17 bits per heavy atom. The lowest BCUT2D eigenvalue weighted by atomic mass is 10.1. The lowest BCUT2D eigenvalue weighted by Crippen LogP contribution is -2.20. The second kappa shape index (κ2) is 8.16. The minimum Gasteiger partial charge on any atom is -0.379 e. The quantitative estimate of drug-likeness (QED) is 0.723. The molecule has 102 valence electrons. The predicted octanol–water partition coefficient (Wildman–Crippen LogP) is 3.56. The number of nitrogens with two attached hydrogens (primary N) is 1. The van der Waals surface area contributed by atoms with E-state index in [4.69, 9.17) is 10.5 Å². The fraction of sp³-hybridized carbons (Fsp3) is 0.571. The highest BCUT2D eigenvalue weighted by Crippen LogP contribution is 2.19. The van der Waals surface area contributed by atoms with Crippen LogP contribution in [0.1, 0.15) is 44.2 Å². The van der Waals surface area contributed by atoms with Crippen molar-refractivity contribution in [3.8, 4) is 0 Å². The molecule has 0 aliphatic heterocycles. The lowest BCUT2D eigenvalue weighted by molar-refractivity contribution is 0.115. The van der Waals surface area contributed by atoms with Crippen LogP contribution in [0.5, 0.6) is 0 Å². The van der Waals surface area contributed by atoms with Crippen molar-refractivity contribution in [2.24, 2.45) is 5.73 Å². The van der Waals surface area contributed by atoms with Crippen LogP contribution >= 0.6 is 0 Å². The van der Waals surface area contributed by atoms with E-state index in [9.17, 15) is 8.78 Å². The molecule has 2 nitrogen and oxygen atoms in total. The standard InChI is InChI=1S/C14H21F2NO/c1-2-3-4-5-9-18-10-13(17)14-11(15)7-6-8-12(14)16/h6-8,13H,2-5,9-10,17H2,1H3. The van der Waals surface area contributed by atoms with Gasteiger partial charge in [0.15, 0.2) is 0 Å². The zero-order valence-electron chi connectivity index (χ0n) is 10.8.